The standard InChI is InChI=1S/C13H24N4O2/c1-13(2,5-7-18)10-15-12(19)14-6-4-11-8-16-17(3)9-11/h8-9,18H,4-7,10H2,1-3H3,(H2,14,15,19). The second-order valence-electron chi connectivity index (χ2n) is 5.52. The van der Waals surface area contributed by atoms with Crippen molar-refractivity contribution in [1.29, 1.82) is 0 Å². The van der Waals surface area contributed by atoms with Crippen molar-refractivity contribution in [3.8, 4) is 0 Å². The lowest BCUT2D eigenvalue weighted by atomic mass is 9.90. The normalized spacial score (nSPS) is 11.4. The number of hydrogen-bond acceptors (Lipinski definition) is 3. The Hall–Kier alpha value is -1.56. The first-order valence-corrected chi connectivity index (χ1v) is 6.53. The third-order valence-electron chi connectivity index (χ3n) is 2.97. The zero-order chi connectivity index (χ0) is 14.3. The minimum atomic E-state index is -0.171. The summed E-state index contributed by atoms with van der Waals surface area (Å²) >= 11 is 0. The number of carbonyl (C=O) groups excluding carboxylic acids is 1. The van der Waals surface area contributed by atoms with Crippen LogP contribution in [0.5, 0.6) is 0 Å². The van der Waals surface area contributed by atoms with E-state index in [4.69, 9.17) is 5.11 Å². The number of carbonyl (C=O) groups is 1. The van der Waals surface area contributed by atoms with E-state index in [9.17, 15) is 4.79 Å². The predicted octanol–water partition coefficient (Wildman–Crippen LogP) is 0.670. The van der Waals surface area contributed by atoms with E-state index in [0.29, 0.717) is 19.5 Å². The second kappa shape index (κ2) is 7.13. The molecule has 0 atom stereocenters. The number of amides is 2. The van der Waals surface area contributed by atoms with E-state index in [1.54, 1.807) is 10.9 Å². The number of aryl methyl sites for hydroxylation is 1. The maximum absolute atomic E-state index is 11.6. The van der Waals surface area contributed by atoms with Gasteiger partial charge < -0.3 is 15.7 Å². The first-order valence-electron chi connectivity index (χ1n) is 6.53. The molecule has 19 heavy (non-hydrogen) atoms. The maximum Gasteiger partial charge on any atom is 0.314 e. The van der Waals surface area contributed by atoms with E-state index in [-0.39, 0.29) is 18.1 Å². The largest absolute Gasteiger partial charge is 0.396 e. The molecule has 2 amide bonds. The van der Waals surface area contributed by atoms with Crippen LogP contribution in [0, 0.1) is 5.41 Å². The number of nitrogens with zero attached hydrogens (tertiary/aromatic N) is 2. The lowest BCUT2D eigenvalue weighted by molar-refractivity contribution is 0.201. The average molecular weight is 268 g/mol. The lowest BCUT2D eigenvalue weighted by Gasteiger charge is -2.23. The summed E-state index contributed by atoms with van der Waals surface area (Å²) in [6.07, 6.45) is 5.16. The van der Waals surface area contributed by atoms with Gasteiger partial charge in [-0.05, 0) is 23.8 Å². The van der Waals surface area contributed by atoms with E-state index in [1.807, 2.05) is 27.1 Å². The van der Waals surface area contributed by atoms with Crippen molar-refractivity contribution in [2.24, 2.45) is 12.5 Å². The van der Waals surface area contributed by atoms with E-state index >= 15 is 0 Å². The molecule has 0 saturated carbocycles. The molecule has 1 aromatic rings. The van der Waals surface area contributed by atoms with Crippen molar-refractivity contribution in [3.63, 3.8) is 0 Å². The molecule has 0 bridgehead atoms. The smallest absolute Gasteiger partial charge is 0.314 e. The molecule has 0 aliphatic heterocycles. The highest BCUT2D eigenvalue weighted by atomic mass is 16.3. The molecule has 6 heteroatoms. The third-order valence-corrected chi connectivity index (χ3v) is 2.97. The monoisotopic (exact) mass is 268 g/mol. The number of aliphatic hydroxyl groups excluding tert-OH is 1. The first kappa shape index (κ1) is 15.5. The number of hydrogen-bond donors (Lipinski definition) is 3. The zero-order valence-electron chi connectivity index (χ0n) is 11.9. The highest BCUT2D eigenvalue weighted by molar-refractivity contribution is 5.73. The number of rotatable bonds is 7. The van der Waals surface area contributed by atoms with Gasteiger partial charge in [-0.15, -0.1) is 0 Å². The van der Waals surface area contributed by atoms with Crippen LogP contribution in [0.4, 0.5) is 4.79 Å². The van der Waals surface area contributed by atoms with Crippen molar-refractivity contribution in [2.75, 3.05) is 19.7 Å². The quantitative estimate of drug-likeness (QED) is 0.680. The summed E-state index contributed by atoms with van der Waals surface area (Å²) in [4.78, 5) is 11.6. The van der Waals surface area contributed by atoms with Gasteiger partial charge in [0.05, 0.1) is 6.20 Å². The second-order valence-corrected chi connectivity index (χ2v) is 5.52. The molecule has 0 aromatic carbocycles. The van der Waals surface area contributed by atoms with Gasteiger partial charge in [0.15, 0.2) is 0 Å². The molecule has 0 aliphatic rings. The Morgan fingerprint density at radius 3 is 2.79 bits per heavy atom. The Morgan fingerprint density at radius 2 is 2.21 bits per heavy atom. The van der Waals surface area contributed by atoms with Crippen LogP contribution in [0.3, 0.4) is 0 Å². The minimum absolute atomic E-state index is 0.0879. The molecule has 6 nitrogen and oxygen atoms in total. The van der Waals surface area contributed by atoms with E-state index in [1.165, 1.54) is 0 Å². The van der Waals surface area contributed by atoms with Crippen LogP contribution in [0.1, 0.15) is 25.8 Å². The van der Waals surface area contributed by atoms with Gasteiger partial charge in [0, 0.05) is 32.9 Å². The first-order chi connectivity index (χ1) is 8.93. The highest BCUT2D eigenvalue weighted by Crippen LogP contribution is 2.17. The summed E-state index contributed by atoms with van der Waals surface area (Å²) in [7, 11) is 1.87. The van der Waals surface area contributed by atoms with Gasteiger partial charge in [0.2, 0.25) is 0 Å². The Morgan fingerprint density at radius 1 is 1.47 bits per heavy atom. The number of nitrogens with one attached hydrogen (secondary N) is 2. The van der Waals surface area contributed by atoms with Crippen LogP contribution < -0.4 is 10.6 Å². The van der Waals surface area contributed by atoms with Crippen LogP contribution in [-0.4, -0.2) is 40.6 Å². The molecule has 0 saturated heterocycles. The summed E-state index contributed by atoms with van der Waals surface area (Å²) in [5, 5.41) is 18.6. The van der Waals surface area contributed by atoms with Crippen LogP contribution in [0.15, 0.2) is 12.4 Å². The minimum Gasteiger partial charge on any atom is -0.396 e. The van der Waals surface area contributed by atoms with Gasteiger partial charge in [-0.3, -0.25) is 4.68 Å². The fraction of sp³-hybridized carbons (Fsp3) is 0.692. The molecular formula is C13H24N4O2. The summed E-state index contributed by atoms with van der Waals surface area (Å²) in [5.41, 5.74) is 1.01. The molecule has 0 spiro atoms. The maximum atomic E-state index is 11.6. The fourth-order valence-corrected chi connectivity index (χ4v) is 1.69. The molecule has 1 aromatic heterocycles. The van der Waals surface area contributed by atoms with Gasteiger partial charge in [0.1, 0.15) is 0 Å². The Kier molecular flexibility index (Phi) is 5.82. The molecule has 0 aliphatic carbocycles. The lowest BCUT2D eigenvalue weighted by Crippen LogP contribution is -2.41. The Labute approximate surface area is 114 Å². The van der Waals surface area contributed by atoms with Gasteiger partial charge in [0.25, 0.3) is 0 Å². The van der Waals surface area contributed by atoms with Gasteiger partial charge >= 0.3 is 6.03 Å². The number of urea groups is 1. The predicted molar refractivity (Wildman–Crippen MR) is 73.8 cm³/mol. The molecular weight excluding hydrogens is 244 g/mol. The van der Waals surface area contributed by atoms with Crippen molar-refractivity contribution in [2.45, 2.75) is 26.7 Å². The number of aromatic nitrogens is 2. The number of aliphatic hydroxyl groups is 1. The Balaban J connectivity index is 2.18. The van der Waals surface area contributed by atoms with Crippen molar-refractivity contribution in [3.05, 3.63) is 18.0 Å². The fourth-order valence-electron chi connectivity index (χ4n) is 1.69. The van der Waals surface area contributed by atoms with Crippen LogP contribution in [0.25, 0.3) is 0 Å². The Bertz CT molecular complexity index is 401. The summed E-state index contributed by atoms with van der Waals surface area (Å²) in [6, 6.07) is -0.171. The summed E-state index contributed by atoms with van der Waals surface area (Å²) in [5.74, 6) is 0. The third kappa shape index (κ3) is 6.24. The summed E-state index contributed by atoms with van der Waals surface area (Å²) < 4.78 is 1.74. The van der Waals surface area contributed by atoms with Crippen LogP contribution in [0.2, 0.25) is 0 Å². The SMILES string of the molecule is Cn1cc(CCNC(=O)NCC(C)(C)CCO)cn1. The average Bonchev–Trinajstić information content (AvgIpc) is 2.73. The molecule has 1 heterocycles. The van der Waals surface area contributed by atoms with Crippen LogP contribution >= 0.6 is 0 Å². The molecule has 1 rings (SSSR count). The van der Waals surface area contributed by atoms with Crippen molar-refractivity contribution in [1.82, 2.24) is 20.4 Å². The van der Waals surface area contributed by atoms with Gasteiger partial charge in [-0.2, -0.15) is 5.10 Å². The topological polar surface area (TPSA) is 79.2 Å². The van der Waals surface area contributed by atoms with Crippen molar-refractivity contribution >= 4 is 6.03 Å². The summed E-state index contributed by atoms with van der Waals surface area (Å²) in [6.45, 7) is 5.29. The highest BCUT2D eigenvalue weighted by Gasteiger charge is 2.17. The molecule has 108 valence electrons. The van der Waals surface area contributed by atoms with Gasteiger partial charge in [-0.1, -0.05) is 13.8 Å². The van der Waals surface area contributed by atoms with Crippen LogP contribution in [-0.2, 0) is 13.5 Å². The van der Waals surface area contributed by atoms with Gasteiger partial charge in [-0.25, -0.2) is 4.79 Å². The molecule has 0 fully saturated rings. The van der Waals surface area contributed by atoms with E-state index in [2.05, 4.69) is 15.7 Å². The zero-order valence-corrected chi connectivity index (χ0v) is 11.9. The molecule has 0 unspecified atom stereocenters. The van der Waals surface area contributed by atoms with Crippen molar-refractivity contribution < 1.29 is 9.90 Å². The molecule has 0 radical (unpaired) electrons. The molecule has 3 N–H and O–H groups in total. The van der Waals surface area contributed by atoms with E-state index in [0.717, 1.165) is 12.0 Å². The van der Waals surface area contributed by atoms with E-state index < -0.39 is 0 Å².